The van der Waals surface area contributed by atoms with Gasteiger partial charge in [0.2, 0.25) is 0 Å². The van der Waals surface area contributed by atoms with Crippen LogP contribution < -0.4 is 10.6 Å². The lowest BCUT2D eigenvalue weighted by atomic mass is 10.2. The maximum Gasteiger partial charge on any atom is 0.256 e. The topological polar surface area (TPSA) is 111 Å². The Labute approximate surface area is 144 Å². The highest BCUT2D eigenvalue weighted by Crippen LogP contribution is 2.12. The third-order valence-electron chi connectivity index (χ3n) is 3.54. The van der Waals surface area contributed by atoms with Crippen molar-refractivity contribution >= 4 is 11.7 Å². The molecule has 2 N–H and O–H groups in total. The summed E-state index contributed by atoms with van der Waals surface area (Å²) in [5, 5.41) is 13.9. The molecule has 0 radical (unpaired) electrons. The number of carbonyl (C=O) groups excluding carboxylic acids is 1. The van der Waals surface area contributed by atoms with Gasteiger partial charge in [-0.2, -0.15) is 5.10 Å². The second-order valence-electron chi connectivity index (χ2n) is 5.49. The summed E-state index contributed by atoms with van der Waals surface area (Å²) in [7, 11) is 0. The van der Waals surface area contributed by atoms with Crippen molar-refractivity contribution in [2.75, 3.05) is 18.4 Å². The standard InChI is InChI=1S/C16H19N7O2/c1-10-15(11(2)25-22-10)16(24)18-7-6-17-13-9-14(21-12(3)20-13)23-8-4-5-19-23/h4-5,8-9H,6-7H2,1-3H3,(H,18,24)(H,17,20,21). The quantitative estimate of drug-likeness (QED) is 0.652. The fourth-order valence-corrected chi connectivity index (χ4v) is 2.43. The van der Waals surface area contributed by atoms with Gasteiger partial charge in [-0.05, 0) is 26.8 Å². The van der Waals surface area contributed by atoms with Crippen LogP contribution in [0.2, 0.25) is 0 Å². The molecule has 3 aromatic heterocycles. The first kappa shape index (κ1) is 16.6. The molecular weight excluding hydrogens is 322 g/mol. The molecule has 9 heteroatoms. The summed E-state index contributed by atoms with van der Waals surface area (Å²) in [4.78, 5) is 20.8. The van der Waals surface area contributed by atoms with E-state index in [1.807, 2.05) is 19.2 Å². The fraction of sp³-hybridized carbons (Fsp3) is 0.312. The average molecular weight is 341 g/mol. The number of carbonyl (C=O) groups is 1. The van der Waals surface area contributed by atoms with Crippen LogP contribution in [0.3, 0.4) is 0 Å². The highest BCUT2D eigenvalue weighted by molar-refractivity contribution is 5.96. The number of nitrogens with zero attached hydrogens (tertiary/aromatic N) is 5. The van der Waals surface area contributed by atoms with Crippen molar-refractivity contribution in [2.45, 2.75) is 20.8 Å². The Hall–Kier alpha value is -3.23. The van der Waals surface area contributed by atoms with Crippen LogP contribution in [0.1, 0.15) is 27.6 Å². The van der Waals surface area contributed by atoms with Crippen molar-refractivity contribution in [3.63, 3.8) is 0 Å². The third kappa shape index (κ3) is 3.82. The van der Waals surface area contributed by atoms with Gasteiger partial charge < -0.3 is 15.2 Å². The van der Waals surface area contributed by atoms with E-state index in [0.29, 0.717) is 47.6 Å². The third-order valence-corrected chi connectivity index (χ3v) is 3.54. The van der Waals surface area contributed by atoms with Gasteiger partial charge in [0.15, 0.2) is 5.82 Å². The molecule has 1 amide bonds. The van der Waals surface area contributed by atoms with Crippen LogP contribution in [0.4, 0.5) is 5.82 Å². The molecule has 3 aromatic rings. The summed E-state index contributed by atoms with van der Waals surface area (Å²) in [5.74, 6) is 2.30. The van der Waals surface area contributed by atoms with Gasteiger partial charge in [-0.1, -0.05) is 5.16 Å². The van der Waals surface area contributed by atoms with Crippen molar-refractivity contribution in [2.24, 2.45) is 0 Å². The number of anilines is 1. The van der Waals surface area contributed by atoms with Crippen LogP contribution in [-0.4, -0.2) is 43.9 Å². The van der Waals surface area contributed by atoms with E-state index in [-0.39, 0.29) is 5.91 Å². The molecular formula is C16H19N7O2. The molecule has 0 atom stereocenters. The number of amides is 1. The Morgan fingerprint density at radius 3 is 2.76 bits per heavy atom. The smallest absolute Gasteiger partial charge is 0.256 e. The van der Waals surface area contributed by atoms with Gasteiger partial charge in [0.1, 0.15) is 23.0 Å². The zero-order valence-corrected chi connectivity index (χ0v) is 14.3. The van der Waals surface area contributed by atoms with Crippen LogP contribution in [0, 0.1) is 20.8 Å². The van der Waals surface area contributed by atoms with Crippen LogP contribution >= 0.6 is 0 Å². The van der Waals surface area contributed by atoms with Gasteiger partial charge in [-0.15, -0.1) is 0 Å². The highest BCUT2D eigenvalue weighted by Gasteiger charge is 2.16. The molecule has 0 saturated heterocycles. The first-order chi connectivity index (χ1) is 12.0. The molecule has 0 aliphatic carbocycles. The van der Waals surface area contributed by atoms with E-state index in [0.717, 1.165) is 0 Å². The van der Waals surface area contributed by atoms with Crippen LogP contribution in [0.25, 0.3) is 5.82 Å². The molecule has 9 nitrogen and oxygen atoms in total. The van der Waals surface area contributed by atoms with Gasteiger partial charge in [-0.25, -0.2) is 14.6 Å². The molecule has 0 aliphatic rings. The summed E-state index contributed by atoms with van der Waals surface area (Å²) in [6.45, 7) is 6.22. The molecule has 0 aliphatic heterocycles. The lowest BCUT2D eigenvalue weighted by Gasteiger charge is -2.09. The Kier molecular flexibility index (Phi) is 4.73. The van der Waals surface area contributed by atoms with E-state index in [9.17, 15) is 4.79 Å². The SMILES string of the molecule is Cc1nc(NCCNC(=O)c2c(C)noc2C)cc(-n2cccn2)n1. The van der Waals surface area contributed by atoms with Crippen molar-refractivity contribution in [3.05, 3.63) is 47.4 Å². The van der Waals surface area contributed by atoms with Crippen molar-refractivity contribution in [1.82, 2.24) is 30.2 Å². The van der Waals surface area contributed by atoms with Gasteiger partial charge >= 0.3 is 0 Å². The maximum atomic E-state index is 12.1. The lowest BCUT2D eigenvalue weighted by molar-refractivity contribution is 0.0953. The summed E-state index contributed by atoms with van der Waals surface area (Å²) in [5.41, 5.74) is 1.07. The molecule has 0 saturated carbocycles. The first-order valence-electron chi connectivity index (χ1n) is 7.85. The molecule has 0 fully saturated rings. The molecule has 0 spiro atoms. The number of aromatic nitrogens is 5. The monoisotopic (exact) mass is 341 g/mol. The average Bonchev–Trinajstić information content (AvgIpc) is 3.21. The van der Waals surface area contributed by atoms with E-state index >= 15 is 0 Å². The molecule has 3 rings (SSSR count). The minimum absolute atomic E-state index is 0.200. The lowest BCUT2D eigenvalue weighted by Crippen LogP contribution is -2.29. The Morgan fingerprint density at radius 2 is 2.08 bits per heavy atom. The van der Waals surface area contributed by atoms with E-state index in [2.05, 4.69) is 30.9 Å². The Morgan fingerprint density at radius 1 is 1.24 bits per heavy atom. The van der Waals surface area contributed by atoms with Gasteiger partial charge in [0.05, 0.1) is 5.69 Å². The molecule has 0 bridgehead atoms. The number of rotatable bonds is 6. The first-order valence-corrected chi connectivity index (χ1v) is 7.85. The van der Waals surface area contributed by atoms with E-state index in [4.69, 9.17) is 4.52 Å². The van der Waals surface area contributed by atoms with Crippen molar-refractivity contribution in [3.8, 4) is 5.82 Å². The Bertz CT molecular complexity index is 851. The summed E-state index contributed by atoms with van der Waals surface area (Å²) in [6.07, 6.45) is 3.50. The van der Waals surface area contributed by atoms with Crippen LogP contribution in [0.15, 0.2) is 29.0 Å². The number of hydrogen-bond donors (Lipinski definition) is 2. The minimum atomic E-state index is -0.200. The second-order valence-corrected chi connectivity index (χ2v) is 5.49. The predicted octanol–water partition coefficient (Wildman–Crippen LogP) is 1.42. The van der Waals surface area contributed by atoms with E-state index in [1.165, 1.54) is 0 Å². The highest BCUT2D eigenvalue weighted by atomic mass is 16.5. The van der Waals surface area contributed by atoms with Crippen molar-refractivity contribution in [1.29, 1.82) is 0 Å². The van der Waals surface area contributed by atoms with E-state index < -0.39 is 0 Å². The largest absolute Gasteiger partial charge is 0.368 e. The summed E-state index contributed by atoms with van der Waals surface area (Å²) < 4.78 is 6.67. The fourth-order valence-electron chi connectivity index (χ4n) is 2.43. The zero-order chi connectivity index (χ0) is 17.8. The normalized spacial score (nSPS) is 10.7. The molecule has 130 valence electrons. The van der Waals surface area contributed by atoms with Gasteiger partial charge in [0, 0.05) is 31.5 Å². The second kappa shape index (κ2) is 7.12. The maximum absolute atomic E-state index is 12.1. The van der Waals surface area contributed by atoms with Gasteiger partial charge in [-0.3, -0.25) is 4.79 Å². The predicted molar refractivity (Wildman–Crippen MR) is 90.7 cm³/mol. The number of nitrogens with one attached hydrogen (secondary N) is 2. The summed E-state index contributed by atoms with van der Waals surface area (Å²) in [6, 6.07) is 3.63. The molecule has 0 aromatic carbocycles. The van der Waals surface area contributed by atoms with Gasteiger partial charge in [0.25, 0.3) is 5.91 Å². The molecule has 3 heterocycles. The molecule has 0 unspecified atom stereocenters. The van der Waals surface area contributed by atoms with Crippen LogP contribution in [0.5, 0.6) is 0 Å². The number of aryl methyl sites for hydroxylation is 3. The number of hydrogen-bond acceptors (Lipinski definition) is 7. The Balaban J connectivity index is 1.57. The summed E-state index contributed by atoms with van der Waals surface area (Å²) >= 11 is 0. The molecule has 25 heavy (non-hydrogen) atoms. The zero-order valence-electron chi connectivity index (χ0n) is 14.3. The van der Waals surface area contributed by atoms with E-state index in [1.54, 1.807) is 30.8 Å². The van der Waals surface area contributed by atoms with Crippen molar-refractivity contribution < 1.29 is 9.32 Å². The minimum Gasteiger partial charge on any atom is -0.368 e. The van der Waals surface area contributed by atoms with Crippen LogP contribution in [-0.2, 0) is 0 Å².